The van der Waals surface area contributed by atoms with E-state index in [1.54, 1.807) is 0 Å². The Morgan fingerprint density at radius 2 is 1.67 bits per heavy atom. The van der Waals surface area contributed by atoms with E-state index in [1.165, 1.54) is 0 Å². The van der Waals surface area contributed by atoms with Gasteiger partial charge in [0.1, 0.15) is 0 Å². The summed E-state index contributed by atoms with van der Waals surface area (Å²) in [5.74, 6) is 0. The molecule has 0 unspecified atom stereocenters. The first-order valence-corrected chi connectivity index (χ1v) is 19.7. The van der Waals surface area contributed by atoms with Crippen LogP contribution in [0.2, 0.25) is 8.86 Å². The molecule has 0 aromatic rings. The van der Waals surface area contributed by atoms with Crippen molar-refractivity contribution in [3.8, 4) is 0 Å². The van der Waals surface area contributed by atoms with E-state index in [-0.39, 0.29) is 0 Å². The van der Waals surface area contributed by atoms with Gasteiger partial charge in [-0.25, -0.2) is 0 Å². The van der Waals surface area contributed by atoms with Gasteiger partial charge in [-0.3, -0.25) is 0 Å². The molecule has 4 nitrogen and oxygen atoms in total. The van der Waals surface area contributed by atoms with Crippen LogP contribution >= 0.6 is 7.82 Å². The fraction of sp³-hybridized carbons (Fsp3) is 1.00. The molecule has 1 N–H and O–H groups in total. The average molecular weight is 527 g/mol. The Hall–Kier alpha value is 1.98. The Labute approximate surface area is 80.1 Å². The quantitative estimate of drug-likeness (QED) is 0.442. The molecule has 0 bridgehead atoms. The fourth-order valence-corrected chi connectivity index (χ4v) is 17.2. The van der Waals surface area contributed by atoms with Crippen LogP contribution in [0.1, 0.15) is 0 Å². The van der Waals surface area contributed by atoms with Crippen LogP contribution in [0.3, 0.4) is 0 Å². The van der Waals surface area contributed by atoms with Gasteiger partial charge in [0, 0.05) is 0 Å². The SMILES string of the molecule is [CH3][Hg][O]P(=O)(O)[O][Hg][CH3]. The third-order valence-electron chi connectivity index (χ3n) is 0.584. The molecule has 0 aliphatic heterocycles. The van der Waals surface area contributed by atoms with E-state index in [0.29, 0.717) is 0 Å². The van der Waals surface area contributed by atoms with Crippen LogP contribution in [0.25, 0.3) is 0 Å². The standard InChI is InChI=1S/2CH3.2Hg.H3O4P/c;;;;1-5(2,3)4/h2*1H3;;;(H3,1,2,3,4)/q;;2*+1;/p-2. The van der Waals surface area contributed by atoms with Crippen molar-refractivity contribution in [2.75, 3.05) is 0 Å². The van der Waals surface area contributed by atoms with Gasteiger partial charge in [-0.15, -0.1) is 0 Å². The molecular weight excluding hydrogens is 520 g/mol. The molecule has 0 rings (SSSR count). The Balaban J connectivity index is 3.58. The summed E-state index contributed by atoms with van der Waals surface area (Å²) in [7, 11) is -3.49. The maximum atomic E-state index is 10.6. The number of hydrogen-bond acceptors (Lipinski definition) is 3. The summed E-state index contributed by atoms with van der Waals surface area (Å²) in [6.07, 6.45) is 0. The van der Waals surface area contributed by atoms with Gasteiger partial charge in [0.2, 0.25) is 0 Å². The van der Waals surface area contributed by atoms with Gasteiger partial charge in [0.15, 0.2) is 0 Å². The van der Waals surface area contributed by atoms with Crippen LogP contribution in [0.5, 0.6) is 0 Å². The average Bonchev–Trinajstić information content (AvgIpc) is 1.64. The molecule has 0 aliphatic carbocycles. The molecule has 0 saturated heterocycles. The van der Waals surface area contributed by atoms with Crippen molar-refractivity contribution in [3.63, 3.8) is 0 Å². The van der Waals surface area contributed by atoms with Crippen molar-refractivity contribution in [3.05, 3.63) is 0 Å². The molecule has 0 aromatic carbocycles. The van der Waals surface area contributed by atoms with E-state index in [1.807, 2.05) is 8.86 Å². The maximum absolute atomic E-state index is 10.6. The molecule has 0 aliphatic rings. The number of phosphoric acid groups is 1. The molecule has 0 saturated carbocycles. The van der Waals surface area contributed by atoms with Gasteiger partial charge >= 0.3 is 81.1 Å². The second-order valence-electron chi connectivity index (χ2n) is 1.30. The summed E-state index contributed by atoms with van der Waals surface area (Å²) in [5, 5.41) is 0. The van der Waals surface area contributed by atoms with E-state index in [9.17, 15) is 4.57 Å². The van der Waals surface area contributed by atoms with E-state index >= 15 is 0 Å². The van der Waals surface area contributed by atoms with Crippen LogP contribution in [0.4, 0.5) is 0 Å². The first-order valence-electron chi connectivity index (χ1n) is 2.74. The summed E-state index contributed by atoms with van der Waals surface area (Å²) in [6.45, 7) is 0. The van der Waals surface area contributed by atoms with Gasteiger partial charge in [0.05, 0.1) is 0 Å². The van der Waals surface area contributed by atoms with Gasteiger partial charge in [-0.1, -0.05) is 0 Å². The summed E-state index contributed by atoms with van der Waals surface area (Å²) in [4.78, 5) is 8.74. The molecule has 0 spiro atoms. The molecular formula is C2H7Hg2O4P. The van der Waals surface area contributed by atoms with Crippen LogP contribution in [-0.2, 0) is 59.5 Å². The van der Waals surface area contributed by atoms with Crippen molar-refractivity contribution in [1.29, 1.82) is 0 Å². The summed E-state index contributed by atoms with van der Waals surface area (Å²) >= 11 is -2.87. The van der Waals surface area contributed by atoms with Crippen molar-refractivity contribution in [1.82, 2.24) is 0 Å². The Morgan fingerprint density at radius 3 is 1.89 bits per heavy atom. The van der Waals surface area contributed by atoms with Gasteiger partial charge < -0.3 is 0 Å². The summed E-state index contributed by atoms with van der Waals surface area (Å²) in [6, 6.07) is 0. The van der Waals surface area contributed by atoms with E-state index in [2.05, 4.69) is 4.86 Å². The zero-order chi connectivity index (χ0) is 7.33. The van der Waals surface area contributed by atoms with Crippen LogP contribution < -0.4 is 0 Å². The molecule has 0 fully saturated rings. The first-order chi connectivity index (χ1) is 4.12. The predicted molar refractivity (Wildman–Crippen MR) is 23.7 cm³/mol. The molecule has 9 heavy (non-hydrogen) atoms. The molecule has 7 heteroatoms. The molecule has 0 atom stereocenters. The Kier molecular flexibility index (Phi) is 6.84. The van der Waals surface area contributed by atoms with Crippen molar-refractivity contribution in [2.45, 2.75) is 8.86 Å². The third kappa shape index (κ3) is 6.38. The normalized spacial score (nSPS) is 10.1. The molecule has 0 amide bonds. The van der Waals surface area contributed by atoms with Gasteiger partial charge in [-0.2, -0.15) is 0 Å². The van der Waals surface area contributed by atoms with Crippen LogP contribution in [0.15, 0.2) is 0 Å². The van der Waals surface area contributed by atoms with Gasteiger partial charge in [0.25, 0.3) is 0 Å². The van der Waals surface area contributed by atoms with Crippen LogP contribution in [0, 0.1) is 0 Å². The fourth-order valence-electron chi connectivity index (χ4n) is 0.364. The Bertz CT molecular complexity index is 107. The third-order valence-corrected chi connectivity index (χ3v) is 15.4. The molecule has 0 radical (unpaired) electrons. The van der Waals surface area contributed by atoms with Crippen LogP contribution in [-0.4, -0.2) is 4.89 Å². The second kappa shape index (κ2) is 5.61. The zero-order valence-electron chi connectivity index (χ0n) is 5.53. The van der Waals surface area contributed by atoms with Crippen molar-refractivity contribution in [2.24, 2.45) is 0 Å². The van der Waals surface area contributed by atoms with Gasteiger partial charge in [-0.05, 0) is 0 Å². The predicted octanol–water partition coefficient (Wildman–Crippen LogP) is 1.21. The second-order valence-corrected chi connectivity index (χ2v) is 13.3. The number of rotatable bonds is 4. The summed E-state index contributed by atoms with van der Waals surface area (Å²) in [5.41, 5.74) is 0. The minimum absolute atomic E-state index is 1.44. The van der Waals surface area contributed by atoms with E-state index < -0.39 is 57.9 Å². The minimum atomic E-state index is -3.49. The topological polar surface area (TPSA) is 55.8 Å². The zero-order valence-corrected chi connectivity index (χ0v) is 17.4. The molecule has 48 valence electrons. The van der Waals surface area contributed by atoms with Crippen molar-refractivity contribution >= 4 is 7.82 Å². The molecule has 0 heterocycles. The monoisotopic (exact) mass is 530 g/mol. The summed E-state index contributed by atoms with van der Waals surface area (Å²) < 4.78 is 23.7. The number of hydrogen-bond donors (Lipinski definition) is 1. The van der Waals surface area contributed by atoms with E-state index in [0.717, 1.165) is 0 Å². The van der Waals surface area contributed by atoms with Crippen molar-refractivity contribution < 1.29 is 64.4 Å². The Morgan fingerprint density at radius 1 is 1.33 bits per heavy atom. The van der Waals surface area contributed by atoms with E-state index in [4.69, 9.17) is 4.89 Å². The first kappa shape index (κ1) is 11.0. The molecule has 0 aromatic heterocycles.